The van der Waals surface area contributed by atoms with E-state index in [-0.39, 0.29) is 18.3 Å². The summed E-state index contributed by atoms with van der Waals surface area (Å²) in [5.41, 5.74) is 1.38. The molecule has 1 aromatic rings. The van der Waals surface area contributed by atoms with Gasteiger partial charge in [-0.05, 0) is 46.6 Å². The van der Waals surface area contributed by atoms with Gasteiger partial charge in [0, 0.05) is 31.9 Å². The zero-order valence-corrected chi connectivity index (χ0v) is 14.5. The van der Waals surface area contributed by atoms with Gasteiger partial charge in [0.05, 0.1) is 11.2 Å². The van der Waals surface area contributed by atoms with E-state index in [1.165, 1.54) is 0 Å². The number of anilines is 1. The Hall–Kier alpha value is -1.11. The molecule has 0 saturated carbocycles. The van der Waals surface area contributed by atoms with Crippen molar-refractivity contribution in [1.82, 2.24) is 4.98 Å². The van der Waals surface area contributed by atoms with Crippen molar-refractivity contribution < 1.29 is 14.0 Å². The Morgan fingerprint density at radius 2 is 1.86 bits per heavy atom. The predicted octanol–water partition coefficient (Wildman–Crippen LogP) is 2.14. The lowest BCUT2D eigenvalue weighted by Gasteiger charge is -2.32. The van der Waals surface area contributed by atoms with Gasteiger partial charge in [0.25, 0.3) is 0 Å². The first-order chi connectivity index (χ1) is 10.3. The van der Waals surface area contributed by atoms with Crippen LogP contribution in [0.2, 0.25) is 0 Å². The van der Waals surface area contributed by atoms with Crippen molar-refractivity contribution in [2.75, 3.05) is 25.6 Å². The standard InChI is InChI=1S/C16H27BN2O3/c1-12-10-13(11-19-14(12)18-8-7-9-20-6)17-21-15(2,3)16(4,5)22-17/h10-11H,7-9H2,1-6H3,(H,18,19). The highest BCUT2D eigenvalue weighted by atomic mass is 16.7. The molecule has 1 saturated heterocycles. The van der Waals surface area contributed by atoms with Crippen LogP contribution in [0.5, 0.6) is 0 Å². The second-order valence-corrected chi connectivity index (χ2v) is 6.80. The average Bonchev–Trinajstić information content (AvgIpc) is 2.65. The molecule has 2 rings (SSSR count). The van der Waals surface area contributed by atoms with Crippen LogP contribution in [0, 0.1) is 6.92 Å². The highest BCUT2D eigenvalue weighted by Gasteiger charge is 2.51. The van der Waals surface area contributed by atoms with E-state index in [2.05, 4.69) is 44.1 Å². The molecule has 0 unspecified atom stereocenters. The van der Waals surface area contributed by atoms with Crippen molar-refractivity contribution in [1.29, 1.82) is 0 Å². The van der Waals surface area contributed by atoms with Crippen molar-refractivity contribution in [2.45, 2.75) is 52.2 Å². The zero-order valence-electron chi connectivity index (χ0n) is 14.5. The summed E-state index contributed by atoms with van der Waals surface area (Å²) < 4.78 is 17.2. The molecule has 2 heterocycles. The molecule has 0 spiro atoms. The van der Waals surface area contributed by atoms with Gasteiger partial charge < -0.3 is 19.4 Å². The molecule has 0 bridgehead atoms. The lowest BCUT2D eigenvalue weighted by molar-refractivity contribution is 0.00578. The summed E-state index contributed by atoms with van der Waals surface area (Å²) in [4.78, 5) is 4.50. The average molecular weight is 306 g/mol. The van der Waals surface area contributed by atoms with Crippen molar-refractivity contribution in [2.24, 2.45) is 0 Å². The number of pyridine rings is 1. The first-order valence-electron chi connectivity index (χ1n) is 7.82. The van der Waals surface area contributed by atoms with E-state index in [0.717, 1.165) is 36.4 Å². The van der Waals surface area contributed by atoms with Crippen molar-refractivity contribution >= 4 is 18.4 Å². The molecule has 0 atom stereocenters. The van der Waals surface area contributed by atoms with Crippen LogP contribution in [0.4, 0.5) is 5.82 Å². The Bertz CT molecular complexity index is 504. The second kappa shape index (κ2) is 6.56. The number of hydrogen-bond acceptors (Lipinski definition) is 5. The topological polar surface area (TPSA) is 52.6 Å². The maximum absolute atomic E-state index is 6.06. The molecule has 122 valence electrons. The minimum atomic E-state index is -0.362. The SMILES string of the molecule is COCCCNc1ncc(B2OC(C)(C)C(C)(C)O2)cc1C. The van der Waals surface area contributed by atoms with E-state index in [1.807, 2.05) is 13.1 Å². The normalized spacial score (nSPS) is 19.5. The molecule has 0 aliphatic carbocycles. The Labute approximate surface area is 133 Å². The number of nitrogens with zero attached hydrogens (tertiary/aromatic N) is 1. The van der Waals surface area contributed by atoms with Gasteiger partial charge in [-0.15, -0.1) is 0 Å². The summed E-state index contributed by atoms with van der Waals surface area (Å²) in [5, 5.41) is 3.33. The number of aryl methyl sites for hydroxylation is 1. The minimum absolute atomic E-state index is 0.331. The van der Waals surface area contributed by atoms with Crippen molar-refractivity contribution in [3.63, 3.8) is 0 Å². The van der Waals surface area contributed by atoms with E-state index in [0.29, 0.717) is 0 Å². The smallest absolute Gasteiger partial charge is 0.399 e. The lowest BCUT2D eigenvalue weighted by Crippen LogP contribution is -2.41. The fourth-order valence-electron chi connectivity index (χ4n) is 2.31. The summed E-state index contributed by atoms with van der Waals surface area (Å²) >= 11 is 0. The predicted molar refractivity (Wildman–Crippen MR) is 89.7 cm³/mol. The highest BCUT2D eigenvalue weighted by molar-refractivity contribution is 6.62. The molecule has 0 radical (unpaired) electrons. The summed E-state index contributed by atoms with van der Waals surface area (Å²) in [7, 11) is 1.35. The molecule has 1 N–H and O–H groups in total. The van der Waals surface area contributed by atoms with Crippen LogP contribution in [-0.4, -0.2) is 43.6 Å². The molecule has 22 heavy (non-hydrogen) atoms. The molecule has 0 amide bonds. The second-order valence-electron chi connectivity index (χ2n) is 6.80. The summed E-state index contributed by atoms with van der Waals surface area (Å²) in [6, 6.07) is 2.08. The largest absolute Gasteiger partial charge is 0.496 e. The fraction of sp³-hybridized carbons (Fsp3) is 0.688. The molecule has 0 aromatic carbocycles. The number of ether oxygens (including phenoxy) is 1. The van der Waals surface area contributed by atoms with Crippen LogP contribution in [0.1, 0.15) is 39.7 Å². The molecular formula is C16H27BN2O3. The number of methoxy groups -OCH3 is 1. The van der Waals surface area contributed by atoms with Crippen molar-refractivity contribution in [3.8, 4) is 0 Å². The van der Waals surface area contributed by atoms with Gasteiger partial charge in [0.2, 0.25) is 0 Å². The molecule has 5 nitrogen and oxygen atoms in total. The molecule has 1 fully saturated rings. The Morgan fingerprint density at radius 3 is 2.41 bits per heavy atom. The van der Waals surface area contributed by atoms with E-state index >= 15 is 0 Å². The summed E-state index contributed by atoms with van der Waals surface area (Å²) in [5.74, 6) is 0.899. The van der Waals surface area contributed by atoms with Gasteiger partial charge in [-0.25, -0.2) is 4.98 Å². The van der Waals surface area contributed by atoms with Crippen LogP contribution in [0.15, 0.2) is 12.3 Å². The Kier molecular flexibility index (Phi) is 5.15. The van der Waals surface area contributed by atoms with Crippen LogP contribution >= 0.6 is 0 Å². The van der Waals surface area contributed by atoms with Crippen LogP contribution in [0.25, 0.3) is 0 Å². The van der Waals surface area contributed by atoms with Crippen LogP contribution < -0.4 is 10.8 Å². The molecule has 1 aromatic heterocycles. The summed E-state index contributed by atoms with van der Waals surface area (Å²) in [6.45, 7) is 11.9. The van der Waals surface area contributed by atoms with E-state index in [9.17, 15) is 0 Å². The Morgan fingerprint density at radius 1 is 1.23 bits per heavy atom. The minimum Gasteiger partial charge on any atom is -0.399 e. The molecule has 6 heteroatoms. The van der Waals surface area contributed by atoms with E-state index < -0.39 is 0 Å². The third-order valence-electron chi connectivity index (χ3n) is 4.44. The number of nitrogens with one attached hydrogen (secondary N) is 1. The fourth-order valence-corrected chi connectivity index (χ4v) is 2.31. The van der Waals surface area contributed by atoms with Gasteiger partial charge in [-0.1, -0.05) is 6.07 Å². The zero-order chi connectivity index (χ0) is 16.4. The molecule has 1 aliphatic heterocycles. The monoisotopic (exact) mass is 306 g/mol. The van der Waals surface area contributed by atoms with Gasteiger partial charge in [0.15, 0.2) is 0 Å². The third kappa shape index (κ3) is 3.62. The number of rotatable bonds is 6. The lowest BCUT2D eigenvalue weighted by atomic mass is 9.80. The quantitative estimate of drug-likeness (QED) is 0.644. The first kappa shape index (κ1) is 17.3. The molecular weight excluding hydrogens is 279 g/mol. The number of hydrogen-bond donors (Lipinski definition) is 1. The van der Waals surface area contributed by atoms with Crippen LogP contribution in [-0.2, 0) is 14.0 Å². The van der Waals surface area contributed by atoms with E-state index in [4.69, 9.17) is 14.0 Å². The molecule has 1 aliphatic rings. The summed E-state index contributed by atoms with van der Waals surface area (Å²) in [6.07, 6.45) is 2.78. The maximum Gasteiger partial charge on any atom is 0.496 e. The van der Waals surface area contributed by atoms with Crippen LogP contribution in [0.3, 0.4) is 0 Å². The van der Waals surface area contributed by atoms with Gasteiger partial charge in [-0.3, -0.25) is 0 Å². The number of aromatic nitrogens is 1. The maximum atomic E-state index is 6.06. The van der Waals surface area contributed by atoms with E-state index in [1.54, 1.807) is 7.11 Å². The van der Waals surface area contributed by atoms with Gasteiger partial charge in [-0.2, -0.15) is 0 Å². The van der Waals surface area contributed by atoms with Crippen molar-refractivity contribution in [3.05, 3.63) is 17.8 Å². The highest BCUT2D eigenvalue weighted by Crippen LogP contribution is 2.36. The van der Waals surface area contributed by atoms with Gasteiger partial charge in [0.1, 0.15) is 5.82 Å². The van der Waals surface area contributed by atoms with Gasteiger partial charge >= 0.3 is 7.12 Å². The Balaban J connectivity index is 2.04. The first-order valence-corrected chi connectivity index (χ1v) is 7.82. The third-order valence-corrected chi connectivity index (χ3v) is 4.44.